The minimum absolute atomic E-state index is 0.108. The molecule has 0 spiro atoms. The van der Waals surface area contributed by atoms with Crippen molar-refractivity contribution in [1.29, 1.82) is 0 Å². The Morgan fingerprint density at radius 3 is 0.667 bits per heavy atom. The first kappa shape index (κ1) is 112. The summed E-state index contributed by atoms with van der Waals surface area (Å²) in [5, 5.41) is 10.7. The maximum absolute atomic E-state index is 13.2. The first-order valence-corrected chi connectivity index (χ1v) is 52.0. The molecule has 0 saturated carbocycles. The summed E-state index contributed by atoms with van der Waals surface area (Å²) < 4.78 is 69.2. The number of aliphatic hydroxyl groups excluding tert-OH is 1. The summed E-state index contributed by atoms with van der Waals surface area (Å²) in [7, 11) is -9.94. The Kier molecular flexibility index (Phi) is 84.6. The van der Waals surface area contributed by atoms with E-state index in [1.54, 1.807) is 0 Å². The van der Waals surface area contributed by atoms with Gasteiger partial charge in [-0.15, -0.1) is 0 Å². The molecular formula is C95H186O17P2. The van der Waals surface area contributed by atoms with Crippen molar-refractivity contribution in [1.82, 2.24) is 0 Å². The van der Waals surface area contributed by atoms with Crippen LogP contribution in [0.4, 0.5) is 0 Å². The second kappa shape index (κ2) is 86.0. The van der Waals surface area contributed by atoms with E-state index in [-0.39, 0.29) is 25.7 Å². The molecule has 3 N–H and O–H groups in total. The lowest BCUT2D eigenvalue weighted by atomic mass is 10.00. The summed E-state index contributed by atoms with van der Waals surface area (Å²) in [5.74, 6) is -0.541. The highest BCUT2D eigenvalue weighted by molar-refractivity contribution is 7.47. The van der Waals surface area contributed by atoms with Gasteiger partial charge < -0.3 is 33.8 Å². The first-order chi connectivity index (χ1) is 55.4. The Labute approximate surface area is 702 Å². The standard InChI is InChI=1S/C95H186O17P2/c1-7-10-12-14-16-18-20-22-24-26-28-30-32-34-40-44-48-52-56-59-67-73-79-94(99)111-90(83-105-92(97)77-71-65-58-54-50-46-42-38-36-35-37-41-45-49-53-57-63-69-75-87(4)5)85-109-113(101,102)107-81-89(96)82-108-114(103,104)110-86-91(84-106-93(98)78-72-66-62-61-64-70-76-88(6)9-3)112-95(100)80-74-68-60-55-51-47-43-39-33-31-29-27-25-23-21-19-17-15-13-11-8-2/h87-91,96H,7-86H2,1-6H3,(H,101,102)(H,103,104)/t88?,89-,90-,91-/m1/s1. The lowest BCUT2D eigenvalue weighted by molar-refractivity contribution is -0.161. The molecule has 0 fully saturated rings. The summed E-state index contributed by atoms with van der Waals surface area (Å²) in [6.45, 7) is 9.72. The second-order valence-electron chi connectivity index (χ2n) is 34.8. The van der Waals surface area contributed by atoms with Gasteiger partial charge in [-0.25, -0.2) is 9.13 Å². The van der Waals surface area contributed by atoms with Crippen molar-refractivity contribution in [3.8, 4) is 0 Å². The normalized spacial score (nSPS) is 13.9. The molecule has 0 aliphatic carbocycles. The van der Waals surface area contributed by atoms with Crippen LogP contribution in [0.3, 0.4) is 0 Å². The quantitative estimate of drug-likeness (QED) is 0.0222. The van der Waals surface area contributed by atoms with E-state index >= 15 is 0 Å². The lowest BCUT2D eigenvalue weighted by Crippen LogP contribution is -2.30. The highest BCUT2D eigenvalue weighted by Gasteiger charge is 2.31. The number of phosphoric acid groups is 2. The fourth-order valence-corrected chi connectivity index (χ4v) is 16.6. The van der Waals surface area contributed by atoms with Gasteiger partial charge in [0.1, 0.15) is 19.3 Å². The van der Waals surface area contributed by atoms with Crippen molar-refractivity contribution in [2.75, 3.05) is 39.6 Å². The molecule has 0 saturated heterocycles. The fraction of sp³-hybridized carbons (Fsp3) is 0.958. The van der Waals surface area contributed by atoms with Crippen LogP contribution < -0.4 is 0 Å². The van der Waals surface area contributed by atoms with Crippen LogP contribution in [0.25, 0.3) is 0 Å². The number of carbonyl (C=O) groups excluding carboxylic acids is 4. The molecule has 0 aliphatic heterocycles. The van der Waals surface area contributed by atoms with Crippen molar-refractivity contribution in [2.24, 2.45) is 11.8 Å². The molecule has 678 valence electrons. The highest BCUT2D eigenvalue weighted by Crippen LogP contribution is 2.45. The summed E-state index contributed by atoms with van der Waals surface area (Å²) in [6, 6.07) is 0. The number of phosphoric ester groups is 2. The number of unbranched alkanes of at least 4 members (excludes halogenated alkanes) is 63. The van der Waals surface area contributed by atoms with Crippen molar-refractivity contribution >= 4 is 39.5 Å². The van der Waals surface area contributed by atoms with E-state index in [0.717, 1.165) is 108 Å². The van der Waals surface area contributed by atoms with Crippen LogP contribution in [0.15, 0.2) is 0 Å². The van der Waals surface area contributed by atoms with Crippen LogP contribution in [0.2, 0.25) is 0 Å². The zero-order valence-electron chi connectivity index (χ0n) is 75.4. The largest absolute Gasteiger partial charge is 0.472 e. The Bertz CT molecular complexity index is 2170. The molecule has 0 aromatic heterocycles. The molecule has 3 unspecified atom stereocenters. The van der Waals surface area contributed by atoms with E-state index in [2.05, 4.69) is 41.5 Å². The predicted octanol–water partition coefficient (Wildman–Crippen LogP) is 29.7. The monoisotopic (exact) mass is 1660 g/mol. The van der Waals surface area contributed by atoms with E-state index in [1.165, 1.54) is 327 Å². The molecule has 0 rings (SSSR count). The highest BCUT2D eigenvalue weighted by atomic mass is 31.2. The molecule has 0 bridgehead atoms. The van der Waals surface area contributed by atoms with Gasteiger partial charge in [-0.05, 0) is 37.5 Å². The average molecular weight is 1660 g/mol. The smallest absolute Gasteiger partial charge is 0.462 e. The third kappa shape index (κ3) is 86.4. The molecule has 17 nitrogen and oxygen atoms in total. The van der Waals surface area contributed by atoms with Crippen LogP contribution in [-0.4, -0.2) is 96.7 Å². The molecule has 6 atom stereocenters. The number of hydrogen-bond acceptors (Lipinski definition) is 15. The van der Waals surface area contributed by atoms with E-state index in [9.17, 15) is 43.2 Å². The van der Waals surface area contributed by atoms with Crippen molar-refractivity contribution in [3.63, 3.8) is 0 Å². The van der Waals surface area contributed by atoms with E-state index in [0.29, 0.717) is 25.7 Å². The number of aliphatic hydroxyl groups is 1. The van der Waals surface area contributed by atoms with E-state index in [1.807, 2.05) is 0 Å². The maximum Gasteiger partial charge on any atom is 0.472 e. The van der Waals surface area contributed by atoms with Gasteiger partial charge in [0.05, 0.1) is 26.4 Å². The molecule has 0 aliphatic rings. The first-order valence-electron chi connectivity index (χ1n) is 49.0. The Hall–Kier alpha value is -1.94. The summed E-state index contributed by atoms with van der Waals surface area (Å²) in [5.41, 5.74) is 0. The minimum Gasteiger partial charge on any atom is -0.462 e. The fourth-order valence-electron chi connectivity index (χ4n) is 15.0. The molecule has 19 heteroatoms. The van der Waals surface area contributed by atoms with Crippen LogP contribution in [-0.2, 0) is 65.4 Å². The molecule has 0 amide bonds. The number of esters is 4. The van der Waals surface area contributed by atoms with E-state index < -0.39 is 97.5 Å². The molecular weight excluding hydrogens is 1470 g/mol. The van der Waals surface area contributed by atoms with Crippen molar-refractivity contribution < 1.29 is 80.2 Å². The second-order valence-corrected chi connectivity index (χ2v) is 37.7. The zero-order chi connectivity index (χ0) is 83.4. The van der Waals surface area contributed by atoms with Gasteiger partial charge in [-0.1, -0.05) is 465 Å². The van der Waals surface area contributed by atoms with Crippen LogP contribution >= 0.6 is 15.6 Å². The van der Waals surface area contributed by atoms with E-state index in [4.69, 9.17) is 37.0 Å². The van der Waals surface area contributed by atoms with Gasteiger partial charge >= 0.3 is 39.5 Å². The number of hydrogen-bond donors (Lipinski definition) is 3. The maximum atomic E-state index is 13.2. The SMILES string of the molecule is CCCCCCCCCCCCCCCCCCCCCCCCC(=O)O[C@H](COC(=O)CCCCCCCCCCCCCCCCCCCCC(C)C)COP(=O)(O)OC[C@@H](O)COP(=O)(O)OC[C@@H](COC(=O)CCCCCCCCC(C)CC)OC(=O)CCCCCCCCCCCCCCCCCCCCCCC. The lowest BCUT2D eigenvalue weighted by Gasteiger charge is -2.21. The summed E-state index contributed by atoms with van der Waals surface area (Å²) in [4.78, 5) is 73.5. The van der Waals surface area contributed by atoms with Crippen LogP contribution in [0.1, 0.15) is 517 Å². The Morgan fingerprint density at radius 1 is 0.254 bits per heavy atom. The zero-order valence-corrected chi connectivity index (χ0v) is 77.2. The number of carbonyl (C=O) groups is 4. The number of ether oxygens (including phenoxy) is 4. The van der Waals surface area contributed by atoms with Gasteiger partial charge in [-0.3, -0.25) is 37.3 Å². The molecule has 0 radical (unpaired) electrons. The number of rotatable bonds is 94. The third-order valence-corrected chi connectivity index (χ3v) is 24.7. The summed E-state index contributed by atoms with van der Waals surface area (Å²) in [6.07, 6.45) is 82.3. The molecule has 0 aromatic carbocycles. The van der Waals surface area contributed by atoms with Crippen molar-refractivity contribution in [2.45, 2.75) is 535 Å². The average Bonchev–Trinajstić information content (AvgIpc) is 0.898. The van der Waals surface area contributed by atoms with Crippen molar-refractivity contribution in [3.05, 3.63) is 0 Å². The van der Waals surface area contributed by atoms with Gasteiger partial charge in [-0.2, -0.15) is 0 Å². The van der Waals surface area contributed by atoms with Gasteiger partial charge in [0.15, 0.2) is 12.2 Å². The minimum atomic E-state index is -4.97. The summed E-state index contributed by atoms with van der Waals surface area (Å²) >= 11 is 0. The Morgan fingerprint density at radius 2 is 0.447 bits per heavy atom. The third-order valence-electron chi connectivity index (χ3n) is 22.8. The van der Waals surface area contributed by atoms with Gasteiger partial charge in [0.25, 0.3) is 0 Å². The molecule has 0 heterocycles. The molecule has 0 aromatic rings. The Balaban J connectivity index is 5.20. The van der Waals surface area contributed by atoms with Gasteiger partial charge in [0.2, 0.25) is 0 Å². The topological polar surface area (TPSA) is 237 Å². The molecule has 114 heavy (non-hydrogen) atoms. The predicted molar refractivity (Wildman–Crippen MR) is 474 cm³/mol. The van der Waals surface area contributed by atoms with Crippen LogP contribution in [0.5, 0.6) is 0 Å². The van der Waals surface area contributed by atoms with Crippen LogP contribution in [0, 0.1) is 11.8 Å². The van der Waals surface area contributed by atoms with Gasteiger partial charge in [0, 0.05) is 25.7 Å².